The van der Waals surface area contributed by atoms with Crippen molar-refractivity contribution in [2.75, 3.05) is 39.3 Å². The zero-order valence-corrected chi connectivity index (χ0v) is 18.2. The molecular weight excluding hydrogens is 411 g/mol. The zero-order valence-electron chi connectivity index (χ0n) is 15.8. The Hall–Kier alpha value is -0.0400. The van der Waals surface area contributed by atoms with Crippen LogP contribution in [0.1, 0.15) is 52.9 Å². The Balaban J connectivity index is 0.00000208. The Morgan fingerprint density at radius 1 is 1.08 bits per heavy atom. The summed E-state index contributed by atoms with van der Waals surface area (Å²) in [7, 11) is 0. The molecule has 1 N–H and O–H groups in total. The van der Waals surface area contributed by atoms with E-state index in [2.05, 4.69) is 35.9 Å². The quantitative estimate of drug-likeness (QED) is 0.384. The minimum atomic E-state index is 0. The van der Waals surface area contributed by atoms with Crippen LogP contribution < -0.4 is 5.32 Å². The molecule has 2 aliphatic heterocycles. The Morgan fingerprint density at radius 2 is 1.83 bits per heavy atom. The second-order valence-electron chi connectivity index (χ2n) is 8.31. The highest BCUT2D eigenvalue weighted by molar-refractivity contribution is 14.0. The fraction of sp³-hybridized carbons (Fsp3) is 0.947. The maximum Gasteiger partial charge on any atom is 0.193 e. The van der Waals surface area contributed by atoms with E-state index in [1.807, 2.05) is 0 Å². The highest BCUT2D eigenvalue weighted by Gasteiger charge is 2.34. The molecule has 0 aromatic rings. The topological polar surface area (TPSA) is 30.9 Å². The number of nitrogens with zero attached hydrogens (tertiary/aromatic N) is 3. The van der Waals surface area contributed by atoms with Crippen LogP contribution in [0.5, 0.6) is 0 Å². The summed E-state index contributed by atoms with van der Waals surface area (Å²) in [5.74, 6) is 3.61. The molecule has 0 radical (unpaired) electrons. The van der Waals surface area contributed by atoms with E-state index in [0.29, 0.717) is 0 Å². The fourth-order valence-electron chi connectivity index (χ4n) is 4.31. The van der Waals surface area contributed by atoms with Crippen molar-refractivity contribution < 1.29 is 0 Å². The SMILES string of the molecule is CCNC(=NCC1CCN(C2CC2)C1)N1CCC(CC(C)C)C1.I. The van der Waals surface area contributed by atoms with E-state index >= 15 is 0 Å². The van der Waals surface area contributed by atoms with E-state index in [1.54, 1.807) is 0 Å². The van der Waals surface area contributed by atoms with Crippen molar-refractivity contribution in [1.82, 2.24) is 15.1 Å². The largest absolute Gasteiger partial charge is 0.357 e. The van der Waals surface area contributed by atoms with Crippen molar-refractivity contribution in [3.05, 3.63) is 0 Å². The highest BCUT2D eigenvalue weighted by Crippen LogP contribution is 2.31. The third kappa shape index (κ3) is 5.75. The number of halogens is 1. The molecule has 0 amide bonds. The Labute approximate surface area is 165 Å². The molecule has 5 heteroatoms. The molecule has 2 heterocycles. The molecule has 3 aliphatic rings. The second kappa shape index (κ2) is 9.60. The minimum Gasteiger partial charge on any atom is -0.357 e. The summed E-state index contributed by atoms with van der Waals surface area (Å²) in [6.45, 7) is 13.8. The molecule has 2 unspecified atom stereocenters. The van der Waals surface area contributed by atoms with Gasteiger partial charge in [0.25, 0.3) is 0 Å². The zero-order chi connectivity index (χ0) is 16.2. The van der Waals surface area contributed by atoms with Crippen LogP contribution in [-0.4, -0.2) is 61.1 Å². The van der Waals surface area contributed by atoms with Crippen molar-refractivity contribution in [3.63, 3.8) is 0 Å². The molecule has 0 aromatic carbocycles. The van der Waals surface area contributed by atoms with E-state index in [-0.39, 0.29) is 24.0 Å². The molecule has 0 spiro atoms. The van der Waals surface area contributed by atoms with E-state index in [1.165, 1.54) is 64.2 Å². The number of rotatable bonds is 6. The molecule has 1 aliphatic carbocycles. The second-order valence-corrected chi connectivity index (χ2v) is 8.31. The number of hydrogen-bond acceptors (Lipinski definition) is 2. The van der Waals surface area contributed by atoms with Gasteiger partial charge < -0.3 is 15.1 Å². The molecule has 1 saturated carbocycles. The van der Waals surface area contributed by atoms with Gasteiger partial charge >= 0.3 is 0 Å². The summed E-state index contributed by atoms with van der Waals surface area (Å²) in [5, 5.41) is 3.53. The van der Waals surface area contributed by atoms with E-state index in [9.17, 15) is 0 Å². The van der Waals surface area contributed by atoms with Gasteiger partial charge in [0.05, 0.1) is 0 Å². The summed E-state index contributed by atoms with van der Waals surface area (Å²) in [6, 6.07) is 0.924. The lowest BCUT2D eigenvalue weighted by molar-refractivity contribution is 0.315. The molecule has 2 saturated heterocycles. The first-order valence-electron chi connectivity index (χ1n) is 9.93. The van der Waals surface area contributed by atoms with Crippen LogP contribution in [0.15, 0.2) is 4.99 Å². The Bertz CT molecular complexity index is 408. The molecule has 3 fully saturated rings. The van der Waals surface area contributed by atoms with Crippen LogP contribution in [0.2, 0.25) is 0 Å². The molecular formula is C19H37IN4. The third-order valence-corrected chi connectivity index (χ3v) is 5.60. The predicted octanol–water partition coefficient (Wildman–Crippen LogP) is 3.42. The summed E-state index contributed by atoms with van der Waals surface area (Å²) in [4.78, 5) is 10.2. The van der Waals surface area contributed by atoms with Crippen LogP contribution >= 0.6 is 24.0 Å². The minimum absolute atomic E-state index is 0. The van der Waals surface area contributed by atoms with Crippen LogP contribution in [0, 0.1) is 17.8 Å². The summed E-state index contributed by atoms with van der Waals surface area (Å²) in [5.41, 5.74) is 0. The monoisotopic (exact) mass is 448 g/mol. The van der Waals surface area contributed by atoms with Gasteiger partial charge in [-0.3, -0.25) is 4.99 Å². The molecule has 2 atom stereocenters. The van der Waals surface area contributed by atoms with Crippen molar-refractivity contribution in [2.45, 2.75) is 58.9 Å². The summed E-state index contributed by atoms with van der Waals surface area (Å²) >= 11 is 0. The van der Waals surface area contributed by atoms with Gasteiger partial charge in [0.1, 0.15) is 0 Å². The van der Waals surface area contributed by atoms with Gasteiger partial charge in [-0.05, 0) is 63.3 Å². The lowest BCUT2D eigenvalue weighted by Gasteiger charge is -2.22. The molecule has 0 aromatic heterocycles. The van der Waals surface area contributed by atoms with Crippen molar-refractivity contribution >= 4 is 29.9 Å². The summed E-state index contributed by atoms with van der Waals surface area (Å²) in [6.07, 6.45) is 6.90. The van der Waals surface area contributed by atoms with Gasteiger partial charge in [0.15, 0.2) is 5.96 Å². The molecule has 3 rings (SSSR count). The van der Waals surface area contributed by atoms with Crippen LogP contribution in [0.3, 0.4) is 0 Å². The smallest absolute Gasteiger partial charge is 0.193 e. The van der Waals surface area contributed by atoms with Gasteiger partial charge in [-0.25, -0.2) is 0 Å². The fourth-order valence-corrected chi connectivity index (χ4v) is 4.31. The summed E-state index contributed by atoms with van der Waals surface area (Å²) < 4.78 is 0. The maximum absolute atomic E-state index is 5.01. The van der Waals surface area contributed by atoms with E-state index in [4.69, 9.17) is 4.99 Å². The van der Waals surface area contributed by atoms with E-state index in [0.717, 1.165) is 36.9 Å². The number of aliphatic imine (C=N–C) groups is 1. The van der Waals surface area contributed by atoms with Crippen molar-refractivity contribution in [1.29, 1.82) is 0 Å². The van der Waals surface area contributed by atoms with Gasteiger partial charge in [0, 0.05) is 38.8 Å². The first kappa shape index (κ1) is 20.3. The average Bonchev–Trinajstić information content (AvgIpc) is 3.08. The van der Waals surface area contributed by atoms with Gasteiger partial charge in [0.2, 0.25) is 0 Å². The average molecular weight is 448 g/mol. The lowest BCUT2D eigenvalue weighted by Crippen LogP contribution is -2.40. The van der Waals surface area contributed by atoms with Crippen molar-refractivity contribution in [2.24, 2.45) is 22.7 Å². The van der Waals surface area contributed by atoms with Gasteiger partial charge in [-0.2, -0.15) is 0 Å². The molecule has 140 valence electrons. The van der Waals surface area contributed by atoms with Crippen LogP contribution in [0.25, 0.3) is 0 Å². The first-order chi connectivity index (χ1) is 11.2. The molecule has 0 bridgehead atoms. The van der Waals surface area contributed by atoms with Gasteiger partial charge in [-0.15, -0.1) is 24.0 Å². The number of likely N-dealkylation sites (tertiary alicyclic amines) is 2. The first-order valence-corrected chi connectivity index (χ1v) is 9.93. The maximum atomic E-state index is 5.01. The normalized spacial score (nSPS) is 28.5. The predicted molar refractivity (Wildman–Crippen MR) is 113 cm³/mol. The standard InChI is InChI=1S/C19H36N4.HI/c1-4-20-19(23-10-7-16(13-23)11-15(2)3)21-12-17-8-9-22(14-17)18-5-6-18;/h15-18H,4-14H2,1-3H3,(H,20,21);1H. The van der Waals surface area contributed by atoms with Crippen LogP contribution in [0.4, 0.5) is 0 Å². The number of guanidine groups is 1. The molecule has 4 nitrogen and oxygen atoms in total. The van der Waals surface area contributed by atoms with Crippen LogP contribution in [-0.2, 0) is 0 Å². The Kier molecular flexibility index (Phi) is 8.11. The van der Waals surface area contributed by atoms with E-state index < -0.39 is 0 Å². The third-order valence-electron chi connectivity index (χ3n) is 5.60. The van der Waals surface area contributed by atoms with Crippen molar-refractivity contribution in [3.8, 4) is 0 Å². The number of hydrogen-bond donors (Lipinski definition) is 1. The lowest BCUT2D eigenvalue weighted by atomic mass is 9.97. The Morgan fingerprint density at radius 3 is 2.50 bits per heavy atom. The number of nitrogens with one attached hydrogen (secondary N) is 1. The van der Waals surface area contributed by atoms with Gasteiger partial charge in [-0.1, -0.05) is 13.8 Å². The molecule has 24 heavy (non-hydrogen) atoms. The highest BCUT2D eigenvalue weighted by atomic mass is 127.